The van der Waals surface area contributed by atoms with Gasteiger partial charge in [-0.3, -0.25) is 0 Å². The first-order valence-electron chi connectivity index (χ1n) is 34.3. The summed E-state index contributed by atoms with van der Waals surface area (Å²) in [4.78, 5) is 10.7. The summed E-state index contributed by atoms with van der Waals surface area (Å²) in [6, 6.07) is 70.7. The maximum atomic E-state index is 2.74. The van der Waals surface area contributed by atoms with E-state index in [1.54, 1.807) is 0 Å². The molecule has 0 saturated carbocycles. The van der Waals surface area contributed by atoms with E-state index in [9.17, 15) is 0 Å². The van der Waals surface area contributed by atoms with Crippen LogP contribution in [0.2, 0.25) is 0 Å². The van der Waals surface area contributed by atoms with Gasteiger partial charge in [-0.1, -0.05) is 224 Å². The summed E-state index contributed by atoms with van der Waals surface area (Å²) >= 11 is 3.96. The topological polar surface area (TPSA) is 13.0 Å². The predicted octanol–water partition coefficient (Wildman–Crippen LogP) is 21.4. The summed E-state index contributed by atoms with van der Waals surface area (Å²) in [6.07, 6.45) is 0. The number of fused-ring (bicyclic) bond motifs is 12. The van der Waals surface area contributed by atoms with Crippen molar-refractivity contribution in [1.82, 2.24) is 0 Å². The molecule has 4 nitrogen and oxygen atoms in total. The Labute approximate surface area is 569 Å². The standard InChI is InChI=1S/C86H92B2N4S2/c1-80(2,3)51-26-35-58(36-27-51)89-66-50-67-65(49-64(66)87-74-62-24-22-23-25-72(62)94-79(74)92(61-41-32-54(33-42-61)83(10,11)12)71-48-57(86(19,20)21)45-68(89)75(71)87)88-76-69(90(67)59-37-28-52(29-38-59)81(4,5)6)46-56(85(16,17)18)47-70(76)91(60-39-30-53(31-40-60)82(7,8)9)77-63-44-55(84(13,14)15)34-43-73(63)93-78(77)88/h22-50H,1-21H3. The third kappa shape index (κ3) is 9.94. The van der Waals surface area contributed by atoms with Crippen molar-refractivity contribution in [2.24, 2.45) is 0 Å². The first kappa shape index (κ1) is 62.4. The van der Waals surface area contributed by atoms with Crippen molar-refractivity contribution in [3.05, 3.63) is 215 Å². The zero-order valence-corrected chi connectivity index (χ0v) is 61.1. The average molecular weight is 1270 g/mol. The molecule has 6 heterocycles. The second-order valence-corrected chi connectivity index (χ2v) is 36.9. The molecule has 0 radical (unpaired) electrons. The second-order valence-electron chi connectivity index (χ2n) is 34.8. The van der Waals surface area contributed by atoms with Crippen LogP contribution in [0.3, 0.4) is 0 Å². The van der Waals surface area contributed by atoms with Gasteiger partial charge in [-0.15, -0.1) is 22.7 Å². The van der Waals surface area contributed by atoms with E-state index in [1.165, 1.54) is 147 Å². The summed E-state index contributed by atoms with van der Waals surface area (Å²) in [5.74, 6) is 0. The van der Waals surface area contributed by atoms with Gasteiger partial charge in [0.1, 0.15) is 0 Å². The number of anilines is 12. The molecule has 0 aliphatic carbocycles. The van der Waals surface area contributed by atoms with E-state index in [1.807, 2.05) is 22.7 Å². The minimum Gasteiger partial charge on any atom is -0.311 e. The average Bonchev–Trinajstić information content (AvgIpc) is 1.16. The van der Waals surface area contributed by atoms with Crippen molar-refractivity contribution in [2.45, 2.75) is 183 Å². The van der Waals surface area contributed by atoms with Crippen LogP contribution >= 0.6 is 22.7 Å². The molecule has 4 aliphatic rings. The van der Waals surface area contributed by atoms with Crippen LogP contribution in [-0.2, 0) is 37.9 Å². The Morgan fingerprint density at radius 2 is 0.617 bits per heavy atom. The number of nitrogens with zero attached hydrogens (tertiary/aromatic N) is 4. The van der Waals surface area contributed by atoms with Crippen LogP contribution in [0, 0.1) is 0 Å². The van der Waals surface area contributed by atoms with Crippen LogP contribution in [0.5, 0.6) is 0 Å². The third-order valence-corrected chi connectivity index (χ3v) is 23.3. The highest BCUT2D eigenvalue weighted by molar-refractivity contribution is 7.34. The van der Waals surface area contributed by atoms with Gasteiger partial charge in [0, 0.05) is 76.4 Å². The Hall–Kier alpha value is -7.77. The van der Waals surface area contributed by atoms with Crippen molar-refractivity contribution >= 4 is 156 Å². The van der Waals surface area contributed by atoms with Gasteiger partial charge in [-0.2, -0.15) is 0 Å². The smallest absolute Gasteiger partial charge is 0.264 e. The van der Waals surface area contributed by atoms with Gasteiger partial charge in [0.2, 0.25) is 0 Å². The Kier molecular flexibility index (Phi) is 13.8. The molecule has 0 fully saturated rings. The lowest BCUT2D eigenvalue weighted by Gasteiger charge is -2.47. The van der Waals surface area contributed by atoms with E-state index in [0.717, 1.165) is 11.4 Å². The first-order valence-corrected chi connectivity index (χ1v) is 35.9. The fourth-order valence-electron chi connectivity index (χ4n) is 15.3. The lowest BCUT2D eigenvalue weighted by Crippen LogP contribution is -2.64. The molecule has 4 aliphatic heterocycles. The maximum absolute atomic E-state index is 2.74. The highest BCUT2D eigenvalue weighted by atomic mass is 32.1. The van der Waals surface area contributed by atoms with Gasteiger partial charge in [-0.25, -0.2) is 0 Å². The lowest BCUT2D eigenvalue weighted by atomic mass is 9.31. The van der Waals surface area contributed by atoms with Crippen LogP contribution < -0.4 is 51.7 Å². The number of thiophene rings is 2. The minimum atomic E-state index is -0.191. The summed E-state index contributed by atoms with van der Waals surface area (Å²) in [7, 11) is 0. The number of rotatable bonds is 4. The maximum Gasteiger partial charge on any atom is 0.264 e. The zero-order chi connectivity index (χ0) is 66.6. The first-order chi connectivity index (χ1) is 44.0. The van der Waals surface area contributed by atoms with E-state index in [2.05, 4.69) is 341 Å². The molecule has 0 amide bonds. The van der Waals surface area contributed by atoms with Crippen molar-refractivity contribution in [1.29, 1.82) is 0 Å². The van der Waals surface area contributed by atoms with Gasteiger partial charge in [0.15, 0.2) is 0 Å². The molecule has 94 heavy (non-hydrogen) atoms. The predicted molar refractivity (Wildman–Crippen MR) is 416 cm³/mol. The normalized spacial score (nSPS) is 14.7. The van der Waals surface area contributed by atoms with Gasteiger partial charge >= 0.3 is 0 Å². The molecule has 0 atom stereocenters. The van der Waals surface area contributed by atoms with Crippen LogP contribution in [-0.4, -0.2) is 13.4 Å². The molecule has 0 spiro atoms. The van der Waals surface area contributed by atoms with Gasteiger partial charge < -0.3 is 19.6 Å². The summed E-state index contributed by atoms with van der Waals surface area (Å²) in [5.41, 5.74) is 28.9. The lowest BCUT2D eigenvalue weighted by molar-refractivity contribution is 0.589. The molecular formula is C86H92B2N4S2. The fraction of sp³-hybridized carbons (Fsp3) is 0.326. The van der Waals surface area contributed by atoms with E-state index in [4.69, 9.17) is 0 Å². The summed E-state index contributed by atoms with van der Waals surface area (Å²) < 4.78 is 4.01. The Bertz CT molecular complexity index is 4880. The van der Waals surface area contributed by atoms with Gasteiger partial charge in [0.05, 0.1) is 10.7 Å². The second kappa shape index (κ2) is 20.9. The third-order valence-electron chi connectivity index (χ3n) is 20.9. The minimum absolute atomic E-state index is 0.00339. The summed E-state index contributed by atoms with van der Waals surface area (Å²) in [6.45, 7) is 49.2. The number of hydrogen-bond acceptors (Lipinski definition) is 6. The quantitative estimate of drug-likeness (QED) is 0.163. The molecule has 0 unspecified atom stereocenters. The molecule has 11 aromatic rings. The highest BCUT2D eigenvalue weighted by Gasteiger charge is 2.51. The van der Waals surface area contributed by atoms with Crippen LogP contribution in [0.25, 0.3) is 20.2 Å². The van der Waals surface area contributed by atoms with Gasteiger partial charge in [-0.05, 0) is 207 Å². The van der Waals surface area contributed by atoms with E-state index in [0.29, 0.717) is 0 Å². The highest BCUT2D eigenvalue weighted by Crippen LogP contribution is 2.54. The molecule has 2 aromatic heterocycles. The van der Waals surface area contributed by atoms with Crippen molar-refractivity contribution in [2.75, 3.05) is 19.6 Å². The Morgan fingerprint density at radius 3 is 1.05 bits per heavy atom. The Balaban J connectivity index is 1.11. The molecule has 0 bridgehead atoms. The fourth-order valence-corrected chi connectivity index (χ4v) is 17.9. The molecule has 474 valence electrons. The van der Waals surface area contributed by atoms with E-state index >= 15 is 0 Å². The Morgan fingerprint density at radius 1 is 0.266 bits per heavy atom. The monoisotopic (exact) mass is 1270 g/mol. The van der Waals surface area contributed by atoms with Crippen LogP contribution in [0.1, 0.15) is 184 Å². The van der Waals surface area contributed by atoms with Crippen LogP contribution in [0.15, 0.2) is 176 Å². The molecule has 0 N–H and O–H groups in total. The summed E-state index contributed by atoms with van der Waals surface area (Å²) in [5, 5.41) is 3.93. The van der Waals surface area contributed by atoms with Gasteiger partial charge in [0.25, 0.3) is 13.4 Å². The molecule has 0 saturated heterocycles. The molecular weight excluding hydrogens is 1170 g/mol. The zero-order valence-electron chi connectivity index (χ0n) is 59.5. The van der Waals surface area contributed by atoms with Crippen molar-refractivity contribution in [3.8, 4) is 0 Å². The molecule has 8 heteroatoms. The molecule has 15 rings (SSSR count). The largest absolute Gasteiger partial charge is 0.311 e. The number of hydrogen-bond donors (Lipinski definition) is 0. The SMILES string of the molecule is CC(C)(C)c1ccc(N2c3cc4c(cc3B3c5c2cc(C(C)(C)C)cc5N(c2ccc(C(C)(C)C)cc2)c2sc5ccccc5c23)B2c3sc5ccc(C(C)(C)C)cc5c3N(c3ccc(C(C)(C)C)cc3)c3cc(C(C)(C)C)cc(c32)N4c2ccc(C(C)(C)C)cc2)cc1. The number of benzene rings is 9. The van der Waals surface area contributed by atoms with Crippen molar-refractivity contribution in [3.63, 3.8) is 0 Å². The van der Waals surface area contributed by atoms with Crippen LogP contribution in [0.4, 0.5) is 67.6 Å². The van der Waals surface area contributed by atoms with E-state index < -0.39 is 0 Å². The molecule has 9 aromatic carbocycles. The van der Waals surface area contributed by atoms with Crippen molar-refractivity contribution < 1.29 is 0 Å². The van der Waals surface area contributed by atoms with E-state index in [-0.39, 0.29) is 51.3 Å².